The SMILES string of the molecule is COCCN(C(=O)c1ccnc(F)c1)C1CCS(=O)(=O)C1. The molecule has 2 rings (SSSR count). The van der Waals surface area contributed by atoms with Crippen LogP contribution in [0.4, 0.5) is 4.39 Å². The first-order valence-corrected chi connectivity index (χ1v) is 8.37. The van der Waals surface area contributed by atoms with E-state index in [4.69, 9.17) is 4.74 Å². The summed E-state index contributed by atoms with van der Waals surface area (Å²) < 4.78 is 41.3. The predicted octanol–water partition coefficient (Wildman–Crippen LogP) is 0.496. The van der Waals surface area contributed by atoms with Crippen LogP contribution in [0, 0.1) is 5.95 Å². The molecule has 21 heavy (non-hydrogen) atoms. The third-order valence-corrected chi connectivity index (χ3v) is 5.17. The van der Waals surface area contributed by atoms with E-state index < -0.39 is 27.7 Å². The zero-order valence-corrected chi connectivity index (χ0v) is 12.5. The highest BCUT2D eigenvalue weighted by molar-refractivity contribution is 7.91. The van der Waals surface area contributed by atoms with Crippen molar-refractivity contribution in [3.63, 3.8) is 0 Å². The van der Waals surface area contributed by atoms with Crippen molar-refractivity contribution in [2.45, 2.75) is 12.5 Å². The molecule has 0 spiro atoms. The molecule has 0 N–H and O–H groups in total. The van der Waals surface area contributed by atoms with Gasteiger partial charge in [-0.1, -0.05) is 0 Å². The quantitative estimate of drug-likeness (QED) is 0.739. The van der Waals surface area contributed by atoms with Crippen LogP contribution in [0.15, 0.2) is 18.3 Å². The molecule has 2 heterocycles. The molecule has 0 saturated carbocycles. The van der Waals surface area contributed by atoms with Crippen molar-refractivity contribution in [2.24, 2.45) is 0 Å². The van der Waals surface area contributed by atoms with E-state index in [1.54, 1.807) is 0 Å². The van der Waals surface area contributed by atoms with Gasteiger partial charge in [0.25, 0.3) is 5.91 Å². The van der Waals surface area contributed by atoms with E-state index in [-0.39, 0.29) is 30.2 Å². The van der Waals surface area contributed by atoms with Crippen LogP contribution in [0.5, 0.6) is 0 Å². The van der Waals surface area contributed by atoms with Gasteiger partial charge in [-0.05, 0) is 12.5 Å². The topological polar surface area (TPSA) is 76.6 Å². The Hall–Kier alpha value is -1.54. The lowest BCUT2D eigenvalue weighted by Crippen LogP contribution is -2.43. The van der Waals surface area contributed by atoms with E-state index in [0.717, 1.165) is 6.07 Å². The molecule has 116 valence electrons. The number of rotatable bonds is 5. The first-order valence-electron chi connectivity index (χ1n) is 6.55. The largest absolute Gasteiger partial charge is 0.383 e. The number of aromatic nitrogens is 1. The van der Waals surface area contributed by atoms with Gasteiger partial charge in [-0.25, -0.2) is 13.4 Å². The summed E-state index contributed by atoms with van der Waals surface area (Å²) in [4.78, 5) is 17.3. The number of methoxy groups -OCH3 is 1. The minimum absolute atomic E-state index is 0.0595. The highest BCUT2D eigenvalue weighted by Gasteiger charge is 2.34. The Kier molecular flexibility index (Phi) is 4.89. The van der Waals surface area contributed by atoms with Gasteiger partial charge in [-0.2, -0.15) is 4.39 Å². The summed E-state index contributed by atoms with van der Waals surface area (Å²) in [7, 11) is -1.61. The molecule has 1 aromatic rings. The van der Waals surface area contributed by atoms with Crippen LogP contribution in [0.3, 0.4) is 0 Å². The fourth-order valence-corrected chi connectivity index (χ4v) is 4.09. The van der Waals surface area contributed by atoms with Crippen molar-refractivity contribution in [3.8, 4) is 0 Å². The van der Waals surface area contributed by atoms with Crippen molar-refractivity contribution in [1.29, 1.82) is 0 Å². The fourth-order valence-electron chi connectivity index (χ4n) is 2.36. The maximum absolute atomic E-state index is 13.1. The molecule has 0 bridgehead atoms. The minimum atomic E-state index is -3.11. The van der Waals surface area contributed by atoms with E-state index in [2.05, 4.69) is 4.98 Å². The molecular formula is C13H17FN2O4S. The number of ether oxygens (including phenoxy) is 1. The van der Waals surface area contributed by atoms with Gasteiger partial charge in [0.05, 0.1) is 18.1 Å². The molecule has 8 heteroatoms. The average molecular weight is 316 g/mol. The zero-order valence-electron chi connectivity index (χ0n) is 11.7. The van der Waals surface area contributed by atoms with Crippen molar-refractivity contribution in [1.82, 2.24) is 9.88 Å². The second kappa shape index (κ2) is 6.48. The van der Waals surface area contributed by atoms with E-state index in [1.165, 1.54) is 24.3 Å². The van der Waals surface area contributed by atoms with Gasteiger partial charge in [0.2, 0.25) is 5.95 Å². The average Bonchev–Trinajstić information content (AvgIpc) is 2.79. The zero-order chi connectivity index (χ0) is 15.5. The summed E-state index contributed by atoms with van der Waals surface area (Å²) in [5.41, 5.74) is 0.155. The van der Waals surface area contributed by atoms with E-state index >= 15 is 0 Å². The number of hydrogen-bond donors (Lipinski definition) is 0. The van der Waals surface area contributed by atoms with E-state index in [9.17, 15) is 17.6 Å². The molecule has 0 aliphatic carbocycles. The lowest BCUT2D eigenvalue weighted by atomic mass is 10.1. The molecule has 6 nitrogen and oxygen atoms in total. The Morgan fingerprint density at radius 2 is 2.33 bits per heavy atom. The van der Waals surface area contributed by atoms with Gasteiger partial charge >= 0.3 is 0 Å². The van der Waals surface area contributed by atoms with E-state index in [0.29, 0.717) is 6.42 Å². The summed E-state index contributed by atoms with van der Waals surface area (Å²) >= 11 is 0. The van der Waals surface area contributed by atoms with Crippen LogP contribution < -0.4 is 0 Å². The van der Waals surface area contributed by atoms with Crippen LogP contribution in [0.25, 0.3) is 0 Å². The van der Waals surface area contributed by atoms with Gasteiger partial charge in [0, 0.05) is 37.5 Å². The molecule has 1 fully saturated rings. The van der Waals surface area contributed by atoms with Gasteiger partial charge in [-0.3, -0.25) is 4.79 Å². The van der Waals surface area contributed by atoms with Crippen LogP contribution >= 0.6 is 0 Å². The maximum atomic E-state index is 13.1. The van der Waals surface area contributed by atoms with Crippen molar-refractivity contribution in [2.75, 3.05) is 31.8 Å². The molecule has 1 atom stereocenters. The lowest BCUT2D eigenvalue weighted by molar-refractivity contribution is 0.0623. The molecular weight excluding hydrogens is 299 g/mol. The number of pyridine rings is 1. The van der Waals surface area contributed by atoms with Gasteiger partial charge in [-0.15, -0.1) is 0 Å². The summed E-state index contributed by atoms with van der Waals surface area (Å²) in [5, 5.41) is 0. The summed E-state index contributed by atoms with van der Waals surface area (Å²) in [6.45, 7) is 0.551. The van der Waals surface area contributed by atoms with Crippen LogP contribution in [0.2, 0.25) is 0 Å². The van der Waals surface area contributed by atoms with Crippen molar-refractivity contribution in [3.05, 3.63) is 29.8 Å². The number of nitrogens with zero attached hydrogens (tertiary/aromatic N) is 2. The molecule has 1 aromatic heterocycles. The molecule has 1 amide bonds. The first kappa shape index (κ1) is 15.8. The van der Waals surface area contributed by atoms with E-state index in [1.807, 2.05) is 0 Å². The number of carbonyl (C=O) groups excluding carboxylic acids is 1. The first-order chi connectivity index (χ1) is 9.93. The number of halogens is 1. The maximum Gasteiger partial charge on any atom is 0.254 e. The summed E-state index contributed by atoms with van der Waals surface area (Å²) in [5.74, 6) is -1.14. The third-order valence-electron chi connectivity index (χ3n) is 3.42. The Morgan fingerprint density at radius 1 is 1.57 bits per heavy atom. The van der Waals surface area contributed by atoms with Crippen LogP contribution in [-0.2, 0) is 14.6 Å². The predicted molar refractivity (Wildman–Crippen MR) is 74.2 cm³/mol. The van der Waals surface area contributed by atoms with Crippen LogP contribution in [-0.4, -0.2) is 62.0 Å². The molecule has 1 aliphatic rings. The van der Waals surface area contributed by atoms with Crippen molar-refractivity contribution >= 4 is 15.7 Å². The highest BCUT2D eigenvalue weighted by atomic mass is 32.2. The lowest BCUT2D eigenvalue weighted by Gasteiger charge is -2.28. The normalized spacial score (nSPS) is 20.4. The monoisotopic (exact) mass is 316 g/mol. The summed E-state index contributed by atoms with van der Waals surface area (Å²) in [6.07, 6.45) is 1.60. The van der Waals surface area contributed by atoms with Gasteiger partial charge in [0.1, 0.15) is 0 Å². The van der Waals surface area contributed by atoms with Gasteiger partial charge < -0.3 is 9.64 Å². The number of amides is 1. The molecule has 0 radical (unpaired) electrons. The number of carbonyl (C=O) groups is 1. The second-order valence-electron chi connectivity index (χ2n) is 4.92. The van der Waals surface area contributed by atoms with Gasteiger partial charge in [0.15, 0.2) is 9.84 Å². The highest BCUT2D eigenvalue weighted by Crippen LogP contribution is 2.20. The Morgan fingerprint density at radius 3 is 2.90 bits per heavy atom. The minimum Gasteiger partial charge on any atom is -0.383 e. The summed E-state index contributed by atoms with van der Waals surface area (Å²) in [6, 6.07) is 2.06. The van der Waals surface area contributed by atoms with Crippen LogP contribution in [0.1, 0.15) is 16.8 Å². The Bertz CT molecular complexity index is 620. The Balaban J connectivity index is 2.21. The Labute approximate surface area is 122 Å². The molecule has 0 aromatic carbocycles. The molecule has 1 unspecified atom stereocenters. The third kappa shape index (κ3) is 3.98. The van der Waals surface area contributed by atoms with Crippen molar-refractivity contribution < 1.29 is 22.3 Å². The molecule has 1 aliphatic heterocycles. The smallest absolute Gasteiger partial charge is 0.254 e. The fraction of sp³-hybridized carbons (Fsp3) is 0.538. The standard InChI is InChI=1S/C13H17FN2O4S/c1-20-6-5-16(11-3-7-21(18,19)9-11)13(17)10-2-4-15-12(14)8-10/h2,4,8,11H,3,5-7,9H2,1H3. The number of sulfone groups is 1. The number of hydrogen-bond acceptors (Lipinski definition) is 5. The second-order valence-corrected chi connectivity index (χ2v) is 7.14. The molecule has 1 saturated heterocycles.